The van der Waals surface area contributed by atoms with Gasteiger partial charge >= 0.3 is 0 Å². The Balaban J connectivity index is 1.47. The lowest BCUT2D eigenvalue weighted by molar-refractivity contribution is 0.0946. The van der Waals surface area contributed by atoms with Gasteiger partial charge in [0.15, 0.2) is 0 Å². The molecule has 2 heterocycles. The number of sulfonamides is 1. The van der Waals surface area contributed by atoms with E-state index in [-0.39, 0.29) is 27.9 Å². The molecule has 2 aromatic carbocycles. The molecule has 0 atom stereocenters. The van der Waals surface area contributed by atoms with Gasteiger partial charge in [-0.1, -0.05) is 47.1 Å². The molecule has 1 saturated heterocycles. The van der Waals surface area contributed by atoms with Crippen LogP contribution in [0.15, 0.2) is 57.9 Å². The highest BCUT2D eigenvalue weighted by molar-refractivity contribution is 7.89. The first kappa shape index (κ1) is 20.5. The summed E-state index contributed by atoms with van der Waals surface area (Å²) in [4.78, 5) is 16.7. The van der Waals surface area contributed by atoms with Gasteiger partial charge in [-0.3, -0.25) is 4.79 Å². The molecule has 1 N–H and O–H groups in total. The van der Waals surface area contributed by atoms with E-state index in [0.717, 1.165) is 18.4 Å². The zero-order valence-electron chi connectivity index (χ0n) is 15.9. The van der Waals surface area contributed by atoms with Gasteiger partial charge in [0.2, 0.25) is 21.7 Å². The second-order valence-corrected chi connectivity index (χ2v) is 9.13. The van der Waals surface area contributed by atoms with E-state index in [1.54, 1.807) is 0 Å². The molecular formula is C20H19ClN4O4S. The molecule has 0 bridgehead atoms. The minimum atomic E-state index is -3.74. The third kappa shape index (κ3) is 4.23. The van der Waals surface area contributed by atoms with Crippen molar-refractivity contribution in [2.24, 2.45) is 0 Å². The van der Waals surface area contributed by atoms with Gasteiger partial charge in [-0.2, -0.15) is 9.29 Å². The first-order valence-corrected chi connectivity index (χ1v) is 11.2. The van der Waals surface area contributed by atoms with Gasteiger partial charge < -0.3 is 9.84 Å². The molecule has 10 heteroatoms. The van der Waals surface area contributed by atoms with Crippen LogP contribution in [0.1, 0.15) is 29.1 Å². The Hall–Kier alpha value is -2.75. The summed E-state index contributed by atoms with van der Waals surface area (Å²) >= 11 is 6.13. The quantitative estimate of drug-likeness (QED) is 0.623. The van der Waals surface area contributed by atoms with E-state index in [4.69, 9.17) is 16.1 Å². The number of carbonyl (C=O) groups is 1. The number of amides is 1. The van der Waals surface area contributed by atoms with Crippen LogP contribution < -0.4 is 5.32 Å². The molecule has 30 heavy (non-hydrogen) atoms. The van der Waals surface area contributed by atoms with Crippen LogP contribution in [-0.4, -0.2) is 41.9 Å². The molecule has 3 aromatic rings. The molecule has 0 saturated carbocycles. The van der Waals surface area contributed by atoms with E-state index in [9.17, 15) is 13.2 Å². The molecule has 4 rings (SSSR count). The molecule has 1 amide bonds. The second kappa shape index (κ2) is 8.55. The minimum Gasteiger partial charge on any atom is -0.343 e. The van der Waals surface area contributed by atoms with Crippen LogP contribution >= 0.6 is 11.6 Å². The maximum Gasteiger partial charge on any atom is 0.251 e. The number of halogens is 1. The van der Waals surface area contributed by atoms with Crippen molar-refractivity contribution in [1.82, 2.24) is 19.8 Å². The Kier molecular flexibility index (Phi) is 5.85. The molecule has 1 aliphatic heterocycles. The maximum atomic E-state index is 12.8. The number of nitrogens with zero attached hydrogens (tertiary/aromatic N) is 3. The van der Waals surface area contributed by atoms with Gasteiger partial charge in [-0.25, -0.2) is 8.42 Å². The van der Waals surface area contributed by atoms with Crippen LogP contribution in [0.4, 0.5) is 0 Å². The van der Waals surface area contributed by atoms with Crippen LogP contribution in [0.3, 0.4) is 0 Å². The monoisotopic (exact) mass is 446 g/mol. The lowest BCUT2D eigenvalue weighted by Gasteiger charge is -2.17. The summed E-state index contributed by atoms with van der Waals surface area (Å²) in [5.41, 5.74) is 0.980. The summed E-state index contributed by atoms with van der Waals surface area (Å²) in [5, 5.41) is 6.65. The molecule has 0 spiro atoms. The normalized spacial score (nSPS) is 14.7. The van der Waals surface area contributed by atoms with Crippen LogP contribution in [0.25, 0.3) is 11.4 Å². The highest BCUT2D eigenvalue weighted by Gasteiger charge is 2.29. The maximum absolute atomic E-state index is 12.8. The van der Waals surface area contributed by atoms with Gasteiger partial charge in [0.25, 0.3) is 5.91 Å². The number of hydrogen-bond donors (Lipinski definition) is 1. The molecule has 1 aliphatic rings. The highest BCUT2D eigenvalue weighted by Crippen LogP contribution is 2.28. The summed E-state index contributed by atoms with van der Waals surface area (Å²) in [6.07, 6.45) is 1.62. The van der Waals surface area contributed by atoms with Crippen molar-refractivity contribution in [2.45, 2.75) is 24.3 Å². The SMILES string of the molecule is O=C(NCc1nc(-c2ccccc2)no1)c1ccc(Cl)c(S(=O)(=O)N2CCCC2)c1. The summed E-state index contributed by atoms with van der Waals surface area (Å²) in [5.74, 6) is 0.190. The van der Waals surface area contributed by atoms with Gasteiger partial charge in [-0.05, 0) is 31.0 Å². The molecule has 156 valence electrons. The second-order valence-electron chi connectivity index (χ2n) is 6.82. The molecule has 1 fully saturated rings. The van der Waals surface area contributed by atoms with E-state index in [0.29, 0.717) is 18.9 Å². The van der Waals surface area contributed by atoms with E-state index in [2.05, 4.69) is 15.5 Å². The standard InChI is InChI=1S/C20H19ClN4O4S/c21-16-9-8-15(12-17(16)30(27,28)25-10-4-5-11-25)20(26)22-13-18-23-19(24-29-18)14-6-2-1-3-7-14/h1-3,6-9,12H,4-5,10-11,13H2,(H,22,26). The molecule has 1 aromatic heterocycles. The van der Waals surface area contributed by atoms with E-state index >= 15 is 0 Å². The fourth-order valence-electron chi connectivity index (χ4n) is 3.20. The zero-order valence-corrected chi connectivity index (χ0v) is 17.5. The smallest absolute Gasteiger partial charge is 0.251 e. The predicted octanol–water partition coefficient (Wildman–Crippen LogP) is 3.10. The first-order chi connectivity index (χ1) is 14.4. The molecule has 0 radical (unpaired) electrons. The number of carbonyl (C=O) groups excluding carboxylic acids is 1. The Morgan fingerprint density at radius 3 is 2.60 bits per heavy atom. The van der Waals surface area contributed by atoms with Gasteiger partial charge in [0, 0.05) is 24.2 Å². The van der Waals surface area contributed by atoms with Crippen LogP contribution in [-0.2, 0) is 16.6 Å². The molecule has 0 aliphatic carbocycles. The van der Waals surface area contributed by atoms with E-state index in [1.165, 1.54) is 22.5 Å². The van der Waals surface area contributed by atoms with Crippen LogP contribution in [0.2, 0.25) is 5.02 Å². The topological polar surface area (TPSA) is 105 Å². The fraction of sp³-hybridized carbons (Fsp3) is 0.250. The lowest BCUT2D eigenvalue weighted by atomic mass is 10.2. The number of benzene rings is 2. The molecule has 0 unspecified atom stereocenters. The molecular weight excluding hydrogens is 428 g/mol. The molecule has 8 nitrogen and oxygen atoms in total. The predicted molar refractivity (Wildman–Crippen MR) is 110 cm³/mol. The average Bonchev–Trinajstić information content (AvgIpc) is 3.45. The third-order valence-corrected chi connectivity index (χ3v) is 7.16. The highest BCUT2D eigenvalue weighted by atomic mass is 35.5. The largest absolute Gasteiger partial charge is 0.343 e. The van der Waals surface area contributed by atoms with Crippen molar-refractivity contribution in [3.63, 3.8) is 0 Å². The van der Waals surface area contributed by atoms with Crippen molar-refractivity contribution in [3.8, 4) is 11.4 Å². The van der Waals surface area contributed by atoms with Gasteiger partial charge in [0.1, 0.15) is 4.90 Å². The van der Waals surface area contributed by atoms with E-state index in [1.807, 2.05) is 30.3 Å². The van der Waals surface area contributed by atoms with Crippen LogP contribution in [0, 0.1) is 0 Å². The lowest BCUT2D eigenvalue weighted by Crippen LogP contribution is -2.29. The van der Waals surface area contributed by atoms with Crippen molar-refractivity contribution in [3.05, 3.63) is 65.0 Å². The zero-order chi connectivity index (χ0) is 21.1. The Morgan fingerprint density at radius 1 is 1.13 bits per heavy atom. The average molecular weight is 447 g/mol. The summed E-state index contributed by atoms with van der Waals surface area (Å²) < 4.78 is 32.2. The Labute approximate surface area is 178 Å². The first-order valence-electron chi connectivity index (χ1n) is 9.41. The van der Waals surface area contributed by atoms with Crippen molar-refractivity contribution >= 4 is 27.5 Å². The summed E-state index contributed by atoms with van der Waals surface area (Å²) in [6.45, 7) is 0.918. The number of hydrogen-bond acceptors (Lipinski definition) is 6. The van der Waals surface area contributed by atoms with E-state index < -0.39 is 15.9 Å². The van der Waals surface area contributed by atoms with Crippen molar-refractivity contribution < 1.29 is 17.7 Å². The van der Waals surface area contributed by atoms with Crippen molar-refractivity contribution in [1.29, 1.82) is 0 Å². The minimum absolute atomic E-state index is 0.00943. The van der Waals surface area contributed by atoms with Crippen LogP contribution in [0.5, 0.6) is 0 Å². The van der Waals surface area contributed by atoms with Gasteiger partial charge in [-0.15, -0.1) is 0 Å². The van der Waals surface area contributed by atoms with Gasteiger partial charge in [0.05, 0.1) is 11.6 Å². The van der Waals surface area contributed by atoms with Crippen molar-refractivity contribution in [2.75, 3.05) is 13.1 Å². The fourth-order valence-corrected chi connectivity index (χ4v) is 5.22. The third-order valence-electron chi connectivity index (χ3n) is 4.78. The number of aromatic nitrogens is 2. The summed E-state index contributed by atoms with van der Waals surface area (Å²) in [7, 11) is -3.74. The number of rotatable bonds is 6. The number of nitrogens with one attached hydrogen (secondary N) is 1. The Morgan fingerprint density at radius 2 is 1.87 bits per heavy atom. The Bertz CT molecular complexity index is 1160. The summed E-state index contributed by atoms with van der Waals surface area (Å²) in [6, 6.07) is 13.5.